The van der Waals surface area contributed by atoms with Crippen molar-refractivity contribution in [2.75, 3.05) is 6.54 Å². The largest absolute Gasteiger partial charge is 0.361 e. The minimum absolute atomic E-state index is 0.139. The first-order valence-electron chi connectivity index (χ1n) is 8.29. The maximum absolute atomic E-state index is 12.3. The van der Waals surface area contributed by atoms with E-state index in [4.69, 9.17) is 4.74 Å². The van der Waals surface area contributed by atoms with E-state index in [0.717, 1.165) is 13.0 Å². The Hall–Kier alpha value is -0.830. The molecular formula is C17H25NO2. The van der Waals surface area contributed by atoms with Gasteiger partial charge in [0.1, 0.15) is 5.60 Å². The molecule has 3 heteroatoms. The van der Waals surface area contributed by atoms with Crippen molar-refractivity contribution < 1.29 is 9.53 Å². The Morgan fingerprint density at radius 3 is 2.65 bits per heavy atom. The lowest BCUT2D eigenvalue weighted by Crippen LogP contribution is -2.63. The van der Waals surface area contributed by atoms with Crippen LogP contribution in [0.15, 0.2) is 12.2 Å². The summed E-state index contributed by atoms with van der Waals surface area (Å²) in [5, 5.41) is 0. The molecule has 0 radical (unpaired) electrons. The number of piperidine rings is 1. The maximum Gasteiger partial charge on any atom is 0.220 e. The average Bonchev–Trinajstić information content (AvgIpc) is 2.88. The summed E-state index contributed by atoms with van der Waals surface area (Å²) in [6.07, 6.45) is 14.7. The summed E-state index contributed by atoms with van der Waals surface area (Å²) in [4.78, 5) is 14.5. The molecule has 0 aromatic rings. The predicted molar refractivity (Wildman–Crippen MR) is 77.3 cm³/mol. The quantitative estimate of drug-likeness (QED) is 0.636. The van der Waals surface area contributed by atoms with Crippen LogP contribution in [0, 0.1) is 5.92 Å². The van der Waals surface area contributed by atoms with Gasteiger partial charge < -0.3 is 9.64 Å². The molecule has 20 heavy (non-hydrogen) atoms. The molecule has 0 N–H and O–H groups in total. The van der Waals surface area contributed by atoms with Crippen LogP contribution >= 0.6 is 0 Å². The van der Waals surface area contributed by atoms with E-state index in [1.54, 1.807) is 6.92 Å². The lowest BCUT2D eigenvalue weighted by molar-refractivity contribution is -0.151. The van der Waals surface area contributed by atoms with Gasteiger partial charge in [0.2, 0.25) is 5.91 Å². The second-order valence-electron chi connectivity index (χ2n) is 7.35. The highest BCUT2D eigenvalue weighted by Crippen LogP contribution is 2.54. The van der Waals surface area contributed by atoms with Crippen molar-refractivity contribution in [1.82, 2.24) is 4.90 Å². The van der Waals surface area contributed by atoms with E-state index in [2.05, 4.69) is 17.1 Å². The highest BCUT2D eigenvalue weighted by molar-refractivity contribution is 5.74. The Morgan fingerprint density at radius 2 is 2.00 bits per heavy atom. The third-order valence-electron chi connectivity index (χ3n) is 6.19. The molecule has 0 aromatic carbocycles. The molecule has 3 fully saturated rings. The minimum Gasteiger partial charge on any atom is -0.361 e. The van der Waals surface area contributed by atoms with E-state index in [9.17, 15) is 4.79 Å². The molecule has 3 nitrogen and oxygen atoms in total. The van der Waals surface area contributed by atoms with Crippen LogP contribution in [0.3, 0.4) is 0 Å². The molecule has 2 bridgehead atoms. The fourth-order valence-corrected chi connectivity index (χ4v) is 5.23. The number of ether oxygens (including phenoxy) is 1. The van der Waals surface area contributed by atoms with Crippen molar-refractivity contribution in [3.8, 4) is 0 Å². The van der Waals surface area contributed by atoms with Gasteiger partial charge in [0, 0.05) is 12.5 Å². The van der Waals surface area contributed by atoms with Gasteiger partial charge in [-0.2, -0.15) is 0 Å². The molecule has 3 aliphatic heterocycles. The number of rotatable bonds is 0. The molecule has 2 saturated heterocycles. The summed E-state index contributed by atoms with van der Waals surface area (Å²) in [5.74, 6) is 0.873. The number of hydrogen-bond acceptors (Lipinski definition) is 2. The molecule has 2 spiro atoms. The number of carbonyl (C=O) groups excluding carboxylic acids is 1. The lowest BCUT2D eigenvalue weighted by atomic mass is 9.67. The maximum atomic E-state index is 12.3. The normalized spacial score (nSPS) is 41.8. The number of fused-ring (bicyclic) bond motifs is 1. The molecule has 3 atom stereocenters. The smallest absolute Gasteiger partial charge is 0.220 e. The van der Waals surface area contributed by atoms with Gasteiger partial charge in [-0.15, -0.1) is 0 Å². The zero-order valence-electron chi connectivity index (χ0n) is 12.4. The van der Waals surface area contributed by atoms with E-state index in [1.165, 1.54) is 44.9 Å². The Labute approximate surface area is 121 Å². The third-order valence-corrected chi connectivity index (χ3v) is 6.19. The fraction of sp³-hybridized carbons (Fsp3) is 0.824. The van der Waals surface area contributed by atoms with Crippen LogP contribution in [0.25, 0.3) is 0 Å². The van der Waals surface area contributed by atoms with E-state index in [-0.39, 0.29) is 17.0 Å². The Balaban J connectivity index is 1.68. The molecular weight excluding hydrogens is 250 g/mol. The van der Waals surface area contributed by atoms with Crippen LogP contribution in [-0.2, 0) is 9.53 Å². The summed E-state index contributed by atoms with van der Waals surface area (Å²) >= 11 is 0. The SMILES string of the molecule is CC(=O)N1C[C@]23C=C[C@@H](C[C@H]2CC12CCCCCC2)O3. The van der Waals surface area contributed by atoms with Gasteiger partial charge in [-0.3, -0.25) is 4.79 Å². The van der Waals surface area contributed by atoms with Crippen LogP contribution < -0.4 is 0 Å². The van der Waals surface area contributed by atoms with Gasteiger partial charge in [0.25, 0.3) is 0 Å². The third kappa shape index (κ3) is 1.71. The highest BCUT2D eigenvalue weighted by Gasteiger charge is 2.59. The monoisotopic (exact) mass is 275 g/mol. The van der Waals surface area contributed by atoms with Gasteiger partial charge in [0.05, 0.1) is 12.6 Å². The van der Waals surface area contributed by atoms with Crippen LogP contribution in [0.2, 0.25) is 0 Å². The number of likely N-dealkylation sites (tertiary alicyclic amines) is 1. The Kier molecular flexibility index (Phi) is 2.79. The van der Waals surface area contributed by atoms with Crippen molar-refractivity contribution in [2.24, 2.45) is 5.92 Å². The predicted octanol–water partition coefficient (Wildman–Crippen LogP) is 3.05. The minimum atomic E-state index is -0.145. The Morgan fingerprint density at radius 1 is 1.25 bits per heavy atom. The highest BCUT2D eigenvalue weighted by atomic mass is 16.5. The number of hydrogen-bond donors (Lipinski definition) is 0. The summed E-state index contributed by atoms with van der Waals surface area (Å²) in [7, 11) is 0. The molecule has 110 valence electrons. The first-order valence-corrected chi connectivity index (χ1v) is 8.29. The van der Waals surface area contributed by atoms with Gasteiger partial charge in [0.15, 0.2) is 0 Å². The van der Waals surface area contributed by atoms with E-state index < -0.39 is 0 Å². The van der Waals surface area contributed by atoms with Crippen LogP contribution in [0.4, 0.5) is 0 Å². The van der Waals surface area contributed by atoms with Crippen molar-refractivity contribution >= 4 is 5.91 Å². The standard InChI is InChI=1S/C17H25NO2/c1-13(19)18-12-17-9-6-15(20-17)10-14(17)11-16(18)7-4-2-3-5-8-16/h6,9,14-15H,2-5,7-8,10-12H2,1H3/t14-,15-,17+/m0/s1. The van der Waals surface area contributed by atoms with Crippen molar-refractivity contribution in [2.45, 2.75) is 75.5 Å². The summed E-state index contributed by atoms with van der Waals surface area (Å²) in [6, 6.07) is 0. The van der Waals surface area contributed by atoms with Crippen LogP contribution in [0.1, 0.15) is 58.3 Å². The number of nitrogens with zero attached hydrogens (tertiary/aromatic N) is 1. The molecule has 0 unspecified atom stereocenters. The van der Waals surface area contributed by atoms with E-state index >= 15 is 0 Å². The van der Waals surface area contributed by atoms with Crippen molar-refractivity contribution in [3.63, 3.8) is 0 Å². The van der Waals surface area contributed by atoms with Gasteiger partial charge in [-0.1, -0.05) is 37.8 Å². The summed E-state index contributed by atoms with van der Waals surface area (Å²) < 4.78 is 6.20. The molecule has 4 rings (SSSR count). The first-order chi connectivity index (χ1) is 9.64. The van der Waals surface area contributed by atoms with E-state index in [0.29, 0.717) is 12.0 Å². The first kappa shape index (κ1) is 12.9. The zero-order chi connectivity index (χ0) is 13.8. The second-order valence-corrected chi connectivity index (χ2v) is 7.35. The van der Waals surface area contributed by atoms with Crippen molar-refractivity contribution in [3.05, 3.63) is 12.2 Å². The molecule has 4 aliphatic rings. The Bertz CT molecular complexity index is 450. The topological polar surface area (TPSA) is 29.5 Å². The molecule has 1 amide bonds. The zero-order valence-corrected chi connectivity index (χ0v) is 12.4. The molecule has 1 aliphatic carbocycles. The van der Waals surface area contributed by atoms with Crippen LogP contribution in [0.5, 0.6) is 0 Å². The summed E-state index contributed by atoms with van der Waals surface area (Å²) in [6.45, 7) is 2.54. The summed E-state index contributed by atoms with van der Waals surface area (Å²) in [5.41, 5.74) is -0.00613. The van der Waals surface area contributed by atoms with Gasteiger partial charge >= 0.3 is 0 Å². The number of amides is 1. The average molecular weight is 275 g/mol. The molecule has 1 saturated carbocycles. The number of carbonyl (C=O) groups is 1. The van der Waals surface area contributed by atoms with Gasteiger partial charge in [-0.05, 0) is 31.6 Å². The van der Waals surface area contributed by atoms with Gasteiger partial charge in [-0.25, -0.2) is 0 Å². The van der Waals surface area contributed by atoms with E-state index in [1.807, 2.05) is 0 Å². The molecule has 3 heterocycles. The lowest BCUT2D eigenvalue weighted by Gasteiger charge is -2.54. The second kappa shape index (κ2) is 4.33. The van der Waals surface area contributed by atoms with Crippen LogP contribution in [-0.4, -0.2) is 34.6 Å². The van der Waals surface area contributed by atoms with Crippen molar-refractivity contribution in [1.29, 1.82) is 0 Å². The molecule has 0 aromatic heterocycles. The fourth-order valence-electron chi connectivity index (χ4n) is 5.23.